The molecule has 0 amide bonds. The zero-order chi connectivity index (χ0) is 11.6. The molecule has 2 atom stereocenters. The van der Waals surface area contributed by atoms with Gasteiger partial charge >= 0.3 is 6.18 Å². The summed E-state index contributed by atoms with van der Waals surface area (Å²) in [7, 11) is 0. The Morgan fingerprint density at radius 1 is 1.43 bits per heavy atom. The predicted molar refractivity (Wildman–Crippen MR) is 47.7 cm³/mol. The van der Waals surface area contributed by atoms with Crippen molar-refractivity contribution in [1.29, 1.82) is 0 Å². The third kappa shape index (κ3) is 2.97. The van der Waals surface area contributed by atoms with E-state index in [2.05, 4.69) is 0 Å². The maximum Gasteiger partial charge on any atom is 0.413 e. The Balaban J connectivity index is 4.53. The van der Waals surface area contributed by atoms with Crippen LogP contribution in [0.25, 0.3) is 0 Å². The Bertz CT molecular complexity index is 211. The minimum absolute atomic E-state index is 0.0623. The minimum Gasteiger partial charge on any atom is -0.312 e. The van der Waals surface area contributed by atoms with Gasteiger partial charge in [0, 0.05) is 6.42 Å². The fourth-order valence-corrected chi connectivity index (χ4v) is 0.831. The first-order valence-corrected chi connectivity index (χ1v) is 4.51. The Hall–Kier alpha value is -0.580. The van der Waals surface area contributed by atoms with Crippen LogP contribution in [0.4, 0.5) is 13.2 Å². The van der Waals surface area contributed by atoms with Gasteiger partial charge in [-0.2, -0.15) is 13.2 Å². The molecule has 2 unspecified atom stereocenters. The minimum atomic E-state index is -4.67. The van der Waals surface area contributed by atoms with Crippen molar-refractivity contribution in [1.82, 2.24) is 0 Å². The molecule has 0 spiro atoms. The van der Waals surface area contributed by atoms with Gasteiger partial charge in [0.15, 0.2) is 11.3 Å². The summed E-state index contributed by atoms with van der Waals surface area (Å²) in [5.74, 6) is -1.01. The average Bonchev–Trinajstić information content (AvgIpc) is 2.01. The van der Waals surface area contributed by atoms with Gasteiger partial charge < -0.3 is 5.73 Å². The van der Waals surface area contributed by atoms with E-state index in [1.807, 2.05) is 6.92 Å². The molecule has 0 aromatic heterocycles. The number of ketones is 1. The normalized spacial score (nSPS) is 18.8. The topological polar surface area (TPSA) is 43.1 Å². The van der Waals surface area contributed by atoms with Gasteiger partial charge in [0.2, 0.25) is 0 Å². The van der Waals surface area contributed by atoms with E-state index in [-0.39, 0.29) is 12.3 Å². The van der Waals surface area contributed by atoms with Crippen molar-refractivity contribution in [2.75, 3.05) is 0 Å². The molecule has 0 aliphatic rings. The summed E-state index contributed by atoms with van der Waals surface area (Å²) < 4.78 is 36.9. The summed E-state index contributed by atoms with van der Waals surface area (Å²) in [6.07, 6.45) is -4.12. The molecule has 0 aromatic carbocycles. The molecule has 0 saturated heterocycles. The van der Waals surface area contributed by atoms with E-state index in [1.54, 1.807) is 6.92 Å². The van der Waals surface area contributed by atoms with Crippen LogP contribution in [0.3, 0.4) is 0 Å². The number of rotatable bonds is 4. The molecule has 0 saturated carbocycles. The fraction of sp³-hybridized carbons (Fsp3) is 0.889. The lowest BCUT2D eigenvalue weighted by Crippen LogP contribution is -2.57. The number of carbonyl (C=O) groups is 1. The number of alkyl halides is 3. The highest BCUT2D eigenvalue weighted by Gasteiger charge is 2.53. The second-order valence-corrected chi connectivity index (χ2v) is 3.84. The third-order valence-corrected chi connectivity index (χ3v) is 2.40. The molecule has 0 aromatic rings. The lowest BCUT2D eigenvalue weighted by atomic mass is 9.89. The molecule has 2 N–H and O–H groups in total. The monoisotopic (exact) mass is 211 g/mol. The van der Waals surface area contributed by atoms with Crippen molar-refractivity contribution in [2.45, 2.75) is 45.3 Å². The van der Waals surface area contributed by atoms with Gasteiger partial charge in [-0.05, 0) is 12.8 Å². The quantitative estimate of drug-likeness (QED) is 0.775. The highest BCUT2D eigenvalue weighted by molar-refractivity contribution is 5.88. The maximum absolute atomic E-state index is 12.3. The van der Waals surface area contributed by atoms with Crippen LogP contribution in [0.1, 0.15) is 33.6 Å². The number of nitrogens with two attached hydrogens (primary N) is 1. The van der Waals surface area contributed by atoms with E-state index >= 15 is 0 Å². The molecular formula is C9H16F3NO. The van der Waals surface area contributed by atoms with Gasteiger partial charge in [0.25, 0.3) is 0 Å². The molecule has 0 radical (unpaired) electrons. The van der Waals surface area contributed by atoms with Gasteiger partial charge in [0.1, 0.15) is 0 Å². The van der Waals surface area contributed by atoms with Crippen LogP contribution in [-0.4, -0.2) is 17.5 Å². The molecule has 0 heterocycles. The van der Waals surface area contributed by atoms with Gasteiger partial charge in [-0.1, -0.05) is 20.3 Å². The lowest BCUT2D eigenvalue weighted by Gasteiger charge is -2.26. The number of Topliss-reactive ketones (excluding diaryl/α,β-unsaturated/α-hetero) is 1. The van der Waals surface area contributed by atoms with E-state index in [1.165, 1.54) is 0 Å². The Kier molecular flexibility index (Phi) is 4.12. The molecule has 0 bridgehead atoms. The Morgan fingerprint density at radius 3 is 2.14 bits per heavy atom. The summed E-state index contributed by atoms with van der Waals surface area (Å²) in [4.78, 5) is 11.2. The van der Waals surface area contributed by atoms with E-state index in [4.69, 9.17) is 5.73 Å². The van der Waals surface area contributed by atoms with Crippen LogP contribution in [0.2, 0.25) is 0 Å². The first-order valence-electron chi connectivity index (χ1n) is 4.51. The molecule has 0 fully saturated rings. The SMILES string of the molecule is CCC(C)CC(=O)C(C)(N)C(F)(F)F. The van der Waals surface area contributed by atoms with Crippen molar-refractivity contribution in [2.24, 2.45) is 11.7 Å². The Morgan fingerprint density at radius 2 is 1.86 bits per heavy atom. The van der Waals surface area contributed by atoms with Crippen LogP contribution in [-0.2, 0) is 4.79 Å². The van der Waals surface area contributed by atoms with E-state index in [9.17, 15) is 18.0 Å². The van der Waals surface area contributed by atoms with Crippen molar-refractivity contribution in [3.8, 4) is 0 Å². The zero-order valence-corrected chi connectivity index (χ0v) is 8.61. The van der Waals surface area contributed by atoms with Crippen LogP contribution in [0, 0.1) is 5.92 Å². The first kappa shape index (κ1) is 13.4. The molecule has 84 valence electrons. The number of hydrogen-bond donors (Lipinski definition) is 1. The van der Waals surface area contributed by atoms with E-state index in [0.717, 1.165) is 6.92 Å². The molecular weight excluding hydrogens is 195 g/mol. The highest BCUT2D eigenvalue weighted by atomic mass is 19.4. The Labute approximate surface area is 81.7 Å². The molecule has 0 aliphatic carbocycles. The zero-order valence-electron chi connectivity index (χ0n) is 8.61. The summed E-state index contributed by atoms with van der Waals surface area (Å²) in [5, 5.41) is 0. The largest absolute Gasteiger partial charge is 0.413 e. The number of halogens is 3. The van der Waals surface area contributed by atoms with E-state index < -0.39 is 17.5 Å². The van der Waals surface area contributed by atoms with Crippen molar-refractivity contribution >= 4 is 5.78 Å². The molecule has 0 aliphatic heterocycles. The standard InChI is InChI=1S/C9H16F3NO/c1-4-6(2)5-7(14)8(3,13)9(10,11)12/h6H,4-5,13H2,1-3H3. The van der Waals surface area contributed by atoms with Gasteiger partial charge in [-0.3, -0.25) is 4.79 Å². The fourth-order valence-electron chi connectivity index (χ4n) is 0.831. The third-order valence-electron chi connectivity index (χ3n) is 2.40. The second-order valence-electron chi connectivity index (χ2n) is 3.84. The molecule has 0 rings (SSSR count). The summed E-state index contributed by atoms with van der Waals surface area (Å²) in [5.41, 5.74) is 2.25. The van der Waals surface area contributed by atoms with Crippen LogP contribution in [0.5, 0.6) is 0 Å². The van der Waals surface area contributed by atoms with Crippen molar-refractivity contribution in [3.63, 3.8) is 0 Å². The number of carbonyl (C=O) groups excluding carboxylic acids is 1. The maximum atomic E-state index is 12.3. The lowest BCUT2D eigenvalue weighted by molar-refractivity contribution is -0.186. The van der Waals surface area contributed by atoms with Crippen molar-refractivity contribution in [3.05, 3.63) is 0 Å². The van der Waals surface area contributed by atoms with E-state index in [0.29, 0.717) is 6.42 Å². The summed E-state index contributed by atoms with van der Waals surface area (Å²) in [6.45, 7) is 4.27. The first-order chi connectivity index (χ1) is 6.13. The second kappa shape index (κ2) is 4.29. The van der Waals surface area contributed by atoms with Gasteiger partial charge in [-0.15, -0.1) is 0 Å². The predicted octanol–water partition coefficient (Wildman–Crippen LogP) is 2.27. The van der Waals surface area contributed by atoms with Crippen molar-refractivity contribution < 1.29 is 18.0 Å². The van der Waals surface area contributed by atoms with Gasteiger partial charge in [0.05, 0.1) is 0 Å². The molecule has 14 heavy (non-hydrogen) atoms. The summed E-state index contributed by atoms with van der Waals surface area (Å²) in [6, 6.07) is 0. The number of hydrogen-bond acceptors (Lipinski definition) is 2. The smallest absolute Gasteiger partial charge is 0.312 e. The molecule has 5 heteroatoms. The van der Waals surface area contributed by atoms with Crippen LogP contribution in [0.15, 0.2) is 0 Å². The van der Waals surface area contributed by atoms with Crippen LogP contribution >= 0.6 is 0 Å². The van der Waals surface area contributed by atoms with Gasteiger partial charge in [-0.25, -0.2) is 0 Å². The van der Waals surface area contributed by atoms with Crippen LogP contribution < -0.4 is 5.73 Å². The molecule has 2 nitrogen and oxygen atoms in total. The average molecular weight is 211 g/mol. The highest BCUT2D eigenvalue weighted by Crippen LogP contribution is 2.30. The summed E-state index contributed by atoms with van der Waals surface area (Å²) >= 11 is 0.